The van der Waals surface area contributed by atoms with Crippen molar-refractivity contribution in [2.45, 2.75) is 34.2 Å². The van der Waals surface area contributed by atoms with Gasteiger partial charge in [0.15, 0.2) is 0 Å². The maximum absolute atomic E-state index is 5.69. The van der Waals surface area contributed by atoms with Crippen molar-refractivity contribution >= 4 is 0 Å². The summed E-state index contributed by atoms with van der Waals surface area (Å²) in [7, 11) is 1.75. The molecule has 2 rings (SSSR count). The predicted molar refractivity (Wildman–Crippen MR) is 90.0 cm³/mol. The molecule has 0 fully saturated rings. The summed E-state index contributed by atoms with van der Waals surface area (Å²) in [5.74, 6) is 0.985. The fourth-order valence-electron chi connectivity index (χ4n) is 2.62. The molecule has 2 nitrogen and oxygen atoms in total. The van der Waals surface area contributed by atoms with Gasteiger partial charge >= 0.3 is 0 Å². The summed E-state index contributed by atoms with van der Waals surface area (Å²) in [5, 5.41) is 3.42. The molecule has 0 aliphatic heterocycles. The second-order valence-corrected chi connectivity index (χ2v) is 5.53. The molecular weight excluding hydrogens is 258 g/mol. The van der Waals surface area contributed by atoms with Crippen LogP contribution in [0.15, 0.2) is 30.3 Å². The molecule has 0 saturated carbocycles. The zero-order chi connectivity index (χ0) is 15.4. The lowest BCUT2D eigenvalue weighted by Gasteiger charge is -2.17. The highest BCUT2D eigenvalue weighted by atomic mass is 16.5. The van der Waals surface area contributed by atoms with Crippen LogP contribution in [0.3, 0.4) is 0 Å². The minimum Gasteiger partial charge on any atom is -0.496 e. The fraction of sp³-hybridized carbons (Fsp3) is 0.368. The minimum atomic E-state index is 0.877. The van der Waals surface area contributed by atoms with Gasteiger partial charge in [-0.1, -0.05) is 42.8 Å². The van der Waals surface area contributed by atoms with Gasteiger partial charge in [0.05, 0.1) is 7.11 Å². The summed E-state index contributed by atoms with van der Waals surface area (Å²) in [6, 6.07) is 11.0. The van der Waals surface area contributed by atoms with Crippen molar-refractivity contribution < 1.29 is 4.74 Å². The largest absolute Gasteiger partial charge is 0.496 e. The number of hydrogen-bond acceptors (Lipinski definition) is 2. The minimum absolute atomic E-state index is 0.877. The molecule has 0 aliphatic carbocycles. The van der Waals surface area contributed by atoms with E-state index in [0.29, 0.717) is 0 Å². The third kappa shape index (κ3) is 3.27. The third-order valence-electron chi connectivity index (χ3n) is 4.00. The molecule has 0 unspecified atom stereocenters. The number of ether oxygens (including phenoxy) is 1. The van der Waals surface area contributed by atoms with E-state index in [2.05, 4.69) is 63.3 Å². The van der Waals surface area contributed by atoms with Crippen molar-refractivity contribution in [2.75, 3.05) is 13.7 Å². The number of benzene rings is 2. The van der Waals surface area contributed by atoms with E-state index in [1.807, 2.05) is 0 Å². The van der Waals surface area contributed by atoms with E-state index >= 15 is 0 Å². The van der Waals surface area contributed by atoms with Crippen LogP contribution in [0.2, 0.25) is 0 Å². The summed E-state index contributed by atoms with van der Waals surface area (Å²) < 4.78 is 5.69. The molecular formula is C19H25NO. The molecule has 112 valence electrons. The molecule has 0 saturated heterocycles. The Morgan fingerprint density at radius 1 is 1.00 bits per heavy atom. The van der Waals surface area contributed by atoms with Gasteiger partial charge in [-0.05, 0) is 49.6 Å². The Morgan fingerprint density at radius 2 is 1.76 bits per heavy atom. The molecule has 0 bridgehead atoms. The van der Waals surface area contributed by atoms with Crippen LogP contribution in [0, 0.1) is 20.8 Å². The highest BCUT2D eigenvalue weighted by molar-refractivity contribution is 5.76. The summed E-state index contributed by atoms with van der Waals surface area (Å²) >= 11 is 0. The smallest absolute Gasteiger partial charge is 0.129 e. The number of aryl methyl sites for hydroxylation is 2. The van der Waals surface area contributed by atoms with Gasteiger partial charge in [0.25, 0.3) is 0 Å². The van der Waals surface area contributed by atoms with E-state index < -0.39 is 0 Å². The van der Waals surface area contributed by atoms with Gasteiger partial charge in [-0.15, -0.1) is 0 Å². The van der Waals surface area contributed by atoms with Crippen molar-refractivity contribution in [3.05, 3.63) is 52.6 Å². The van der Waals surface area contributed by atoms with E-state index in [-0.39, 0.29) is 0 Å². The van der Waals surface area contributed by atoms with Crippen LogP contribution in [-0.4, -0.2) is 13.7 Å². The van der Waals surface area contributed by atoms with Gasteiger partial charge in [0, 0.05) is 12.1 Å². The first-order valence-electron chi connectivity index (χ1n) is 7.53. The Morgan fingerprint density at radius 3 is 2.43 bits per heavy atom. The highest BCUT2D eigenvalue weighted by Gasteiger charge is 2.13. The van der Waals surface area contributed by atoms with Crippen LogP contribution in [0.5, 0.6) is 5.75 Å². The zero-order valence-corrected chi connectivity index (χ0v) is 13.7. The lowest BCUT2D eigenvalue weighted by atomic mass is 9.93. The van der Waals surface area contributed by atoms with E-state index in [4.69, 9.17) is 4.74 Å². The molecule has 0 aromatic heterocycles. The molecule has 0 amide bonds. The first-order chi connectivity index (χ1) is 10.1. The van der Waals surface area contributed by atoms with Crippen LogP contribution in [0.1, 0.15) is 29.2 Å². The van der Waals surface area contributed by atoms with E-state index in [9.17, 15) is 0 Å². The Kier molecular flexibility index (Phi) is 5.03. The van der Waals surface area contributed by atoms with Crippen LogP contribution in [0.25, 0.3) is 11.1 Å². The van der Waals surface area contributed by atoms with Gasteiger partial charge < -0.3 is 10.1 Å². The average molecular weight is 283 g/mol. The Balaban J connectivity index is 2.60. The Bertz CT molecular complexity index is 632. The van der Waals surface area contributed by atoms with Gasteiger partial charge in [0.1, 0.15) is 5.75 Å². The summed E-state index contributed by atoms with van der Waals surface area (Å²) in [4.78, 5) is 0. The monoisotopic (exact) mass is 283 g/mol. The molecule has 0 atom stereocenters. The van der Waals surface area contributed by atoms with Crippen molar-refractivity contribution in [3.63, 3.8) is 0 Å². The van der Waals surface area contributed by atoms with Gasteiger partial charge in [-0.2, -0.15) is 0 Å². The first kappa shape index (κ1) is 15.6. The third-order valence-corrected chi connectivity index (χ3v) is 4.00. The summed E-state index contributed by atoms with van der Waals surface area (Å²) in [5.41, 5.74) is 7.49. The fourth-order valence-corrected chi connectivity index (χ4v) is 2.62. The number of hydrogen-bond donors (Lipinski definition) is 1. The molecule has 21 heavy (non-hydrogen) atoms. The molecule has 0 radical (unpaired) electrons. The molecule has 1 N–H and O–H groups in total. The zero-order valence-electron chi connectivity index (χ0n) is 13.7. The van der Waals surface area contributed by atoms with Crippen LogP contribution < -0.4 is 10.1 Å². The van der Waals surface area contributed by atoms with Gasteiger partial charge in [-0.25, -0.2) is 0 Å². The normalized spacial score (nSPS) is 10.7. The maximum Gasteiger partial charge on any atom is 0.129 e. The van der Waals surface area contributed by atoms with Crippen LogP contribution >= 0.6 is 0 Å². The summed E-state index contributed by atoms with van der Waals surface area (Å²) in [6.07, 6.45) is 0. The van der Waals surface area contributed by atoms with Crippen LogP contribution in [-0.2, 0) is 6.54 Å². The standard InChI is InChI=1S/C19H25NO/c1-6-20-12-16-9-7-13(2)11-18(16)17-10-8-14(3)15(4)19(17)21-5/h7-11,20H,6,12H2,1-5H3. The van der Waals surface area contributed by atoms with Gasteiger partial charge in [-0.3, -0.25) is 0 Å². The topological polar surface area (TPSA) is 21.3 Å². The lowest BCUT2D eigenvalue weighted by Crippen LogP contribution is -2.12. The van der Waals surface area contributed by atoms with E-state index in [0.717, 1.165) is 18.8 Å². The first-order valence-corrected chi connectivity index (χ1v) is 7.53. The van der Waals surface area contributed by atoms with Crippen molar-refractivity contribution in [1.82, 2.24) is 5.32 Å². The maximum atomic E-state index is 5.69. The number of methoxy groups -OCH3 is 1. The van der Waals surface area contributed by atoms with Crippen molar-refractivity contribution in [3.8, 4) is 16.9 Å². The molecule has 2 aromatic rings. The quantitative estimate of drug-likeness (QED) is 0.878. The Labute approximate surface area is 128 Å². The SMILES string of the molecule is CCNCc1ccc(C)cc1-c1ccc(C)c(C)c1OC. The van der Waals surface area contributed by atoms with Crippen molar-refractivity contribution in [1.29, 1.82) is 0 Å². The molecule has 0 spiro atoms. The highest BCUT2D eigenvalue weighted by Crippen LogP contribution is 2.36. The summed E-state index contributed by atoms with van der Waals surface area (Å²) in [6.45, 7) is 10.4. The lowest BCUT2D eigenvalue weighted by molar-refractivity contribution is 0.413. The molecule has 2 heteroatoms. The van der Waals surface area contributed by atoms with E-state index in [1.54, 1.807) is 7.11 Å². The molecule has 0 heterocycles. The number of nitrogens with one attached hydrogen (secondary N) is 1. The second-order valence-electron chi connectivity index (χ2n) is 5.53. The predicted octanol–water partition coefficient (Wildman–Crippen LogP) is 4.40. The average Bonchev–Trinajstić information content (AvgIpc) is 2.48. The molecule has 2 aromatic carbocycles. The second kappa shape index (κ2) is 6.77. The van der Waals surface area contributed by atoms with Crippen molar-refractivity contribution in [2.24, 2.45) is 0 Å². The van der Waals surface area contributed by atoms with Crippen LogP contribution in [0.4, 0.5) is 0 Å². The molecule has 0 aliphatic rings. The number of rotatable bonds is 5. The van der Waals surface area contributed by atoms with E-state index in [1.165, 1.54) is 33.4 Å². The van der Waals surface area contributed by atoms with Gasteiger partial charge in [0.2, 0.25) is 0 Å². The Hall–Kier alpha value is -1.80.